The number of aromatic nitrogens is 1. The van der Waals surface area contributed by atoms with Crippen molar-refractivity contribution in [2.75, 3.05) is 5.32 Å². The van der Waals surface area contributed by atoms with Crippen LogP contribution < -0.4 is 10.6 Å². The summed E-state index contributed by atoms with van der Waals surface area (Å²) >= 11 is 2.37. The van der Waals surface area contributed by atoms with E-state index < -0.39 is 35.9 Å². The summed E-state index contributed by atoms with van der Waals surface area (Å²) in [6.07, 6.45) is 0.262. The first-order valence-corrected chi connectivity index (χ1v) is 10.3. The molecule has 0 radical (unpaired) electrons. The van der Waals surface area contributed by atoms with Crippen molar-refractivity contribution in [3.8, 4) is 0 Å². The van der Waals surface area contributed by atoms with Gasteiger partial charge in [0, 0.05) is 5.38 Å². The summed E-state index contributed by atoms with van der Waals surface area (Å²) in [5, 5.41) is 19.1. The lowest BCUT2D eigenvalue weighted by atomic mass is 10.0. The number of carboxylic acid groups (broad SMARTS) is 1. The number of carbonyl (C=O) groups excluding carboxylic acids is 3. The summed E-state index contributed by atoms with van der Waals surface area (Å²) in [4.78, 5) is 53.9. The number of thiazole rings is 1. The van der Waals surface area contributed by atoms with Gasteiger partial charge in [-0.2, -0.15) is 11.3 Å². The van der Waals surface area contributed by atoms with Gasteiger partial charge in [0.1, 0.15) is 12.1 Å². The molecule has 0 spiro atoms. The van der Waals surface area contributed by atoms with Gasteiger partial charge in [0.25, 0.3) is 5.91 Å². The van der Waals surface area contributed by atoms with Crippen LogP contribution in [0.1, 0.15) is 42.4 Å². The highest BCUT2D eigenvalue weighted by Crippen LogP contribution is 2.28. The molecule has 28 heavy (non-hydrogen) atoms. The Balaban J connectivity index is 1.82. The van der Waals surface area contributed by atoms with Crippen LogP contribution in [0.5, 0.6) is 0 Å². The molecule has 9 nitrogen and oxygen atoms in total. The van der Waals surface area contributed by atoms with Crippen LogP contribution in [0.2, 0.25) is 0 Å². The Kier molecular flexibility index (Phi) is 5.75. The molecule has 11 heteroatoms. The number of amides is 4. The van der Waals surface area contributed by atoms with Gasteiger partial charge in [-0.25, -0.2) is 19.5 Å². The molecule has 2 atom stereocenters. The van der Waals surface area contributed by atoms with Gasteiger partial charge in [0.05, 0.1) is 0 Å². The lowest BCUT2D eigenvalue weighted by Crippen LogP contribution is -2.48. The van der Waals surface area contributed by atoms with Gasteiger partial charge in [-0.05, 0) is 34.7 Å². The van der Waals surface area contributed by atoms with Crippen LogP contribution in [0.15, 0.2) is 22.2 Å². The van der Waals surface area contributed by atoms with Crippen molar-refractivity contribution in [3.63, 3.8) is 0 Å². The number of rotatable bonds is 7. The minimum atomic E-state index is -1.21. The van der Waals surface area contributed by atoms with Gasteiger partial charge < -0.3 is 15.7 Å². The molecule has 1 aliphatic heterocycles. The van der Waals surface area contributed by atoms with Crippen molar-refractivity contribution >= 4 is 51.6 Å². The van der Waals surface area contributed by atoms with E-state index in [1.807, 2.05) is 13.8 Å². The second-order valence-electron chi connectivity index (χ2n) is 6.63. The summed E-state index contributed by atoms with van der Waals surface area (Å²) in [6, 6.07) is -0.738. The van der Waals surface area contributed by atoms with Crippen molar-refractivity contribution in [2.45, 2.75) is 32.4 Å². The molecule has 1 unspecified atom stereocenters. The molecule has 3 rings (SSSR count). The van der Waals surface area contributed by atoms with Crippen LogP contribution in [-0.4, -0.2) is 44.8 Å². The summed E-state index contributed by atoms with van der Waals surface area (Å²) in [5.74, 6) is -2.25. The van der Waals surface area contributed by atoms with E-state index in [4.69, 9.17) is 5.11 Å². The first-order chi connectivity index (χ1) is 13.3. The third kappa shape index (κ3) is 4.04. The van der Waals surface area contributed by atoms with E-state index in [1.54, 1.807) is 16.8 Å². The third-order valence-electron chi connectivity index (χ3n) is 4.11. The zero-order valence-corrected chi connectivity index (χ0v) is 16.7. The van der Waals surface area contributed by atoms with Gasteiger partial charge in [-0.15, -0.1) is 11.3 Å². The van der Waals surface area contributed by atoms with Crippen molar-refractivity contribution in [1.29, 1.82) is 0 Å². The summed E-state index contributed by atoms with van der Waals surface area (Å²) in [7, 11) is 0. The van der Waals surface area contributed by atoms with Gasteiger partial charge >= 0.3 is 12.0 Å². The van der Waals surface area contributed by atoms with Crippen LogP contribution in [0, 0.1) is 5.92 Å². The molecule has 3 N–H and O–H groups in total. The molecular formula is C17H18N4O5S2. The maximum absolute atomic E-state index is 12.9. The van der Waals surface area contributed by atoms with Crippen molar-refractivity contribution in [1.82, 2.24) is 15.2 Å². The summed E-state index contributed by atoms with van der Waals surface area (Å²) < 4.78 is 0. The number of imide groups is 1. The molecule has 2 aromatic heterocycles. The highest BCUT2D eigenvalue weighted by Gasteiger charge is 2.45. The number of hydrogen-bond acceptors (Lipinski definition) is 7. The number of nitrogens with one attached hydrogen (secondary N) is 2. The van der Waals surface area contributed by atoms with E-state index in [-0.39, 0.29) is 23.2 Å². The van der Waals surface area contributed by atoms with Crippen molar-refractivity contribution in [3.05, 3.63) is 33.5 Å². The SMILES string of the molecule is CC(C)C[C@@H](C(=O)Nc1nc(C(=O)O)cs1)N1C(=O)NC(c2ccsc2)C1=O. The maximum atomic E-state index is 12.9. The van der Waals surface area contributed by atoms with E-state index in [0.29, 0.717) is 5.56 Å². The number of aromatic carboxylic acids is 1. The number of anilines is 1. The average Bonchev–Trinajstić information content (AvgIpc) is 3.34. The Morgan fingerprint density at radius 3 is 2.68 bits per heavy atom. The lowest BCUT2D eigenvalue weighted by molar-refractivity contribution is -0.134. The third-order valence-corrected chi connectivity index (χ3v) is 5.57. The Morgan fingerprint density at radius 2 is 2.11 bits per heavy atom. The number of carboxylic acids is 1. The molecule has 1 saturated heterocycles. The lowest BCUT2D eigenvalue weighted by Gasteiger charge is -2.25. The molecule has 1 aliphatic rings. The van der Waals surface area contributed by atoms with Crippen LogP contribution in [-0.2, 0) is 9.59 Å². The number of nitrogens with zero attached hydrogens (tertiary/aromatic N) is 2. The minimum Gasteiger partial charge on any atom is -0.476 e. The largest absolute Gasteiger partial charge is 0.476 e. The van der Waals surface area contributed by atoms with E-state index in [1.165, 1.54) is 16.7 Å². The molecule has 2 aromatic rings. The molecular weight excluding hydrogens is 404 g/mol. The predicted molar refractivity (Wildman–Crippen MR) is 103 cm³/mol. The minimum absolute atomic E-state index is 0.0300. The zero-order valence-electron chi connectivity index (χ0n) is 15.0. The zero-order chi connectivity index (χ0) is 20.4. The second kappa shape index (κ2) is 8.07. The van der Waals surface area contributed by atoms with E-state index in [0.717, 1.165) is 16.2 Å². The summed E-state index contributed by atoms with van der Waals surface area (Å²) in [6.45, 7) is 3.75. The van der Waals surface area contributed by atoms with Crippen LogP contribution in [0.25, 0.3) is 0 Å². The maximum Gasteiger partial charge on any atom is 0.355 e. The standard InChI is InChI=1S/C17H18N4O5S2/c1-8(2)5-11(13(22)20-16-18-10(7-28-16)15(24)25)21-14(23)12(19-17(21)26)9-3-4-27-6-9/h3-4,6-8,11-12H,5H2,1-2H3,(H,19,26)(H,24,25)(H,18,20,22)/t11-,12?/m0/s1. The van der Waals surface area contributed by atoms with Gasteiger partial charge in [0.2, 0.25) is 5.91 Å². The number of hydrogen-bond donors (Lipinski definition) is 3. The Bertz CT molecular complexity index is 909. The Hall–Kier alpha value is -2.79. The molecule has 0 bridgehead atoms. The Morgan fingerprint density at radius 1 is 1.36 bits per heavy atom. The number of thiophene rings is 1. The highest BCUT2D eigenvalue weighted by molar-refractivity contribution is 7.14. The molecule has 148 valence electrons. The monoisotopic (exact) mass is 422 g/mol. The van der Waals surface area contributed by atoms with Gasteiger partial charge in [-0.1, -0.05) is 13.8 Å². The average molecular weight is 422 g/mol. The van der Waals surface area contributed by atoms with Crippen molar-refractivity contribution < 1.29 is 24.3 Å². The normalized spacial score (nSPS) is 17.7. The summed E-state index contributed by atoms with van der Waals surface area (Å²) in [5.41, 5.74) is 0.480. The number of carbonyl (C=O) groups is 4. The van der Waals surface area contributed by atoms with E-state index >= 15 is 0 Å². The smallest absolute Gasteiger partial charge is 0.355 e. The molecule has 0 aromatic carbocycles. The van der Waals surface area contributed by atoms with E-state index in [2.05, 4.69) is 15.6 Å². The van der Waals surface area contributed by atoms with Crippen LogP contribution in [0.3, 0.4) is 0 Å². The van der Waals surface area contributed by atoms with Crippen LogP contribution >= 0.6 is 22.7 Å². The second-order valence-corrected chi connectivity index (χ2v) is 8.26. The molecule has 0 aliphatic carbocycles. The van der Waals surface area contributed by atoms with E-state index in [9.17, 15) is 19.2 Å². The fourth-order valence-corrected chi connectivity index (χ4v) is 4.22. The topological polar surface area (TPSA) is 129 Å². The number of urea groups is 1. The van der Waals surface area contributed by atoms with Crippen molar-refractivity contribution in [2.24, 2.45) is 5.92 Å². The molecule has 4 amide bonds. The first-order valence-electron chi connectivity index (χ1n) is 8.43. The molecule has 1 fully saturated rings. The van der Waals surface area contributed by atoms with Gasteiger partial charge in [-0.3, -0.25) is 9.59 Å². The molecule has 0 saturated carbocycles. The molecule has 3 heterocycles. The predicted octanol–water partition coefficient (Wildman–Crippen LogP) is 2.55. The van der Waals surface area contributed by atoms with Gasteiger partial charge in [0.15, 0.2) is 10.8 Å². The highest BCUT2D eigenvalue weighted by atomic mass is 32.1. The quantitative estimate of drug-likeness (QED) is 0.588. The fraction of sp³-hybridized carbons (Fsp3) is 0.353. The Labute approximate surface area is 168 Å². The van der Waals surface area contributed by atoms with Crippen LogP contribution in [0.4, 0.5) is 9.93 Å². The fourth-order valence-electron chi connectivity index (χ4n) is 2.85. The first kappa shape index (κ1) is 20.0.